The third kappa shape index (κ3) is 5.51. The van der Waals surface area contributed by atoms with Gasteiger partial charge in [-0.3, -0.25) is 14.9 Å². The average molecular weight is 386 g/mol. The van der Waals surface area contributed by atoms with E-state index in [9.17, 15) is 19.8 Å². The summed E-state index contributed by atoms with van der Waals surface area (Å²) in [5, 5.41) is 22.1. The molecule has 0 aliphatic carbocycles. The molecule has 2 rings (SSSR count). The van der Waals surface area contributed by atoms with E-state index in [1.165, 1.54) is 0 Å². The van der Waals surface area contributed by atoms with E-state index in [2.05, 4.69) is 5.32 Å². The molecule has 146 valence electrons. The van der Waals surface area contributed by atoms with Crippen LogP contribution in [0.5, 0.6) is 5.75 Å². The van der Waals surface area contributed by atoms with Crippen molar-refractivity contribution in [3.63, 3.8) is 0 Å². The van der Waals surface area contributed by atoms with Gasteiger partial charge in [-0.1, -0.05) is 25.5 Å². The minimum atomic E-state index is -0.925. The zero-order chi connectivity index (χ0) is 18.4. The number of hydrogen-bond acceptors (Lipinski definition) is 5. The molecule has 8 heteroatoms. The fourth-order valence-electron chi connectivity index (χ4n) is 3.11. The van der Waals surface area contributed by atoms with Crippen molar-refractivity contribution < 1.29 is 19.8 Å². The molecule has 1 amide bonds. The maximum absolute atomic E-state index is 12.6. The van der Waals surface area contributed by atoms with Crippen LogP contribution in [0.4, 0.5) is 5.69 Å². The Morgan fingerprint density at radius 3 is 2.35 bits per heavy atom. The number of aromatic hydroxyl groups is 1. The first-order chi connectivity index (χ1) is 11.9. The maximum atomic E-state index is 12.6. The molecule has 1 aromatic carbocycles. The minimum Gasteiger partial charge on any atom is -0.506 e. The number of amides is 1. The number of rotatable bonds is 7. The molecule has 26 heavy (non-hydrogen) atoms. The highest BCUT2D eigenvalue weighted by molar-refractivity contribution is 5.85. The molecule has 0 aromatic heterocycles. The van der Waals surface area contributed by atoms with Gasteiger partial charge in [0, 0.05) is 26.2 Å². The summed E-state index contributed by atoms with van der Waals surface area (Å²) >= 11 is 0. The highest BCUT2D eigenvalue weighted by Gasteiger charge is 2.28. The molecule has 0 radical (unpaired) electrons. The number of phenols is 1. The molecule has 0 spiro atoms. The van der Waals surface area contributed by atoms with Crippen LogP contribution in [0, 0.1) is 0 Å². The molecule has 1 aliphatic rings. The van der Waals surface area contributed by atoms with Crippen molar-refractivity contribution in [3.8, 4) is 5.75 Å². The Morgan fingerprint density at radius 2 is 1.81 bits per heavy atom. The van der Waals surface area contributed by atoms with Crippen molar-refractivity contribution in [2.75, 3.05) is 31.1 Å². The zero-order valence-electron chi connectivity index (χ0n) is 15.2. The second-order valence-corrected chi connectivity index (χ2v) is 6.37. The summed E-state index contributed by atoms with van der Waals surface area (Å²) in [6, 6.07) is 5.92. The van der Waals surface area contributed by atoms with Gasteiger partial charge in [-0.15, -0.1) is 12.4 Å². The summed E-state index contributed by atoms with van der Waals surface area (Å²) < 4.78 is 0. The number of nitrogens with one attached hydrogen (secondary N) is 1. The number of carboxylic acid groups (broad SMARTS) is 1. The highest BCUT2D eigenvalue weighted by atomic mass is 35.5. The quantitative estimate of drug-likeness (QED) is 0.661. The number of carbonyl (C=O) groups excluding carboxylic acids is 1. The third-order valence-electron chi connectivity index (χ3n) is 4.51. The number of anilines is 1. The summed E-state index contributed by atoms with van der Waals surface area (Å²) in [6.45, 7) is 5.99. The normalized spacial score (nSPS) is 16.5. The van der Waals surface area contributed by atoms with Crippen LogP contribution < -0.4 is 10.2 Å². The Kier molecular flexibility index (Phi) is 8.68. The van der Waals surface area contributed by atoms with Gasteiger partial charge in [0.15, 0.2) is 0 Å². The van der Waals surface area contributed by atoms with Crippen molar-refractivity contribution in [2.24, 2.45) is 0 Å². The lowest BCUT2D eigenvalue weighted by atomic mass is 10.1. The first-order valence-electron chi connectivity index (χ1n) is 8.74. The molecule has 1 saturated heterocycles. The van der Waals surface area contributed by atoms with Gasteiger partial charge in [0.25, 0.3) is 0 Å². The van der Waals surface area contributed by atoms with E-state index in [1.807, 2.05) is 24.0 Å². The molecule has 1 aliphatic heterocycles. The number of phenolic OH excluding ortho intramolecular Hbond substituents is 1. The van der Waals surface area contributed by atoms with E-state index in [0.29, 0.717) is 32.6 Å². The monoisotopic (exact) mass is 385 g/mol. The van der Waals surface area contributed by atoms with Gasteiger partial charge in [0.05, 0.1) is 11.7 Å². The van der Waals surface area contributed by atoms with Crippen LogP contribution in [-0.2, 0) is 9.59 Å². The SMILES string of the molecule is CCCC(NC(C)C(=O)N1CCN(c2ccccc2O)CC1)C(=O)O.Cl. The smallest absolute Gasteiger partial charge is 0.320 e. The molecule has 1 fully saturated rings. The number of benzene rings is 1. The standard InChI is InChI=1S/C18H27N3O4.ClH/c1-3-6-14(18(24)25)19-13(2)17(23)21-11-9-20(10-12-21)15-7-4-5-8-16(15)22;/h4-5,7-8,13-14,19,22H,3,6,9-12H2,1-2H3,(H,24,25);1H. The summed E-state index contributed by atoms with van der Waals surface area (Å²) in [6.07, 6.45) is 1.23. The molecule has 1 aromatic rings. The van der Waals surface area contributed by atoms with Crippen LogP contribution in [0.15, 0.2) is 24.3 Å². The van der Waals surface area contributed by atoms with Crippen LogP contribution >= 0.6 is 12.4 Å². The van der Waals surface area contributed by atoms with Crippen LogP contribution in [0.1, 0.15) is 26.7 Å². The molecule has 0 bridgehead atoms. The first kappa shape index (κ1) is 22.1. The molecule has 3 N–H and O–H groups in total. The fraction of sp³-hybridized carbons (Fsp3) is 0.556. The first-order valence-corrected chi connectivity index (χ1v) is 8.74. The maximum Gasteiger partial charge on any atom is 0.320 e. The van der Waals surface area contributed by atoms with Crippen molar-refractivity contribution in [1.29, 1.82) is 0 Å². The van der Waals surface area contributed by atoms with E-state index >= 15 is 0 Å². The van der Waals surface area contributed by atoms with E-state index in [0.717, 1.165) is 12.1 Å². The number of para-hydroxylation sites is 2. The third-order valence-corrected chi connectivity index (χ3v) is 4.51. The van der Waals surface area contributed by atoms with E-state index in [4.69, 9.17) is 0 Å². The van der Waals surface area contributed by atoms with Gasteiger partial charge in [-0.2, -0.15) is 0 Å². The fourth-order valence-corrected chi connectivity index (χ4v) is 3.11. The Balaban J connectivity index is 0.00000338. The van der Waals surface area contributed by atoms with Gasteiger partial charge >= 0.3 is 5.97 Å². The van der Waals surface area contributed by atoms with Crippen LogP contribution in [0.2, 0.25) is 0 Å². The Labute approximate surface area is 160 Å². The topological polar surface area (TPSA) is 93.1 Å². The van der Waals surface area contributed by atoms with Crippen molar-refractivity contribution in [2.45, 2.75) is 38.8 Å². The number of nitrogens with zero attached hydrogens (tertiary/aromatic N) is 2. The Morgan fingerprint density at radius 1 is 1.19 bits per heavy atom. The predicted molar refractivity (Wildman–Crippen MR) is 103 cm³/mol. The molecule has 7 nitrogen and oxygen atoms in total. The highest BCUT2D eigenvalue weighted by Crippen LogP contribution is 2.27. The predicted octanol–water partition coefficient (Wildman–Crippen LogP) is 1.69. The van der Waals surface area contributed by atoms with Crippen molar-refractivity contribution >= 4 is 30.0 Å². The zero-order valence-corrected chi connectivity index (χ0v) is 16.0. The molecule has 2 unspecified atom stereocenters. The number of piperazine rings is 1. The van der Waals surface area contributed by atoms with Gasteiger partial charge in [-0.05, 0) is 25.5 Å². The summed E-state index contributed by atoms with van der Waals surface area (Å²) in [5.74, 6) is -0.772. The number of hydrogen-bond donors (Lipinski definition) is 3. The van der Waals surface area contributed by atoms with Crippen LogP contribution in [0.25, 0.3) is 0 Å². The molecular weight excluding hydrogens is 358 g/mol. The summed E-state index contributed by atoms with van der Waals surface area (Å²) in [7, 11) is 0. The molecule has 2 atom stereocenters. The van der Waals surface area contributed by atoms with Gasteiger partial charge in [-0.25, -0.2) is 0 Å². The average Bonchev–Trinajstić information content (AvgIpc) is 2.61. The van der Waals surface area contributed by atoms with E-state index < -0.39 is 18.1 Å². The van der Waals surface area contributed by atoms with Gasteiger partial charge in [0.2, 0.25) is 5.91 Å². The summed E-state index contributed by atoms with van der Waals surface area (Å²) in [4.78, 5) is 27.6. The molecule has 0 saturated carbocycles. The van der Waals surface area contributed by atoms with E-state index in [-0.39, 0.29) is 24.1 Å². The summed E-state index contributed by atoms with van der Waals surface area (Å²) in [5.41, 5.74) is 0.773. The van der Waals surface area contributed by atoms with Crippen LogP contribution in [-0.4, -0.2) is 65.3 Å². The van der Waals surface area contributed by atoms with Crippen molar-refractivity contribution in [3.05, 3.63) is 24.3 Å². The second kappa shape index (κ2) is 10.2. The number of carbonyl (C=O) groups is 2. The molecular formula is C18H28ClN3O4. The Hall–Kier alpha value is -1.99. The lowest BCUT2D eigenvalue weighted by Gasteiger charge is -2.37. The van der Waals surface area contributed by atoms with Crippen molar-refractivity contribution in [1.82, 2.24) is 10.2 Å². The van der Waals surface area contributed by atoms with Crippen LogP contribution in [0.3, 0.4) is 0 Å². The van der Waals surface area contributed by atoms with Gasteiger partial charge < -0.3 is 20.0 Å². The largest absolute Gasteiger partial charge is 0.506 e. The minimum absolute atomic E-state index is 0. The Bertz CT molecular complexity index is 606. The second-order valence-electron chi connectivity index (χ2n) is 6.37. The number of aliphatic carboxylic acids is 1. The molecule has 1 heterocycles. The number of halogens is 1. The van der Waals surface area contributed by atoms with Gasteiger partial charge in [0.1, 0.15) is 11.8 Å². The lowest BCUT2D eigenvalue weighted by molar-refractivity contribution is -0.140. The van der Waals surface area contributed by atoms with E-state index in [1.54, 1.807) is 24.0 Å². The number of carboxylic acids is 1. The lowest BCUT2D eigenvalue weighted by Crippen LogP contribution is -2.55.